The molecule has 1 aromatic carbocycles. The van der Waals surface area contributed by atoms with Gasteiger partial charge in [-0.3, -0.25) is 9.20 Å². The molecule has 0 fully saturated rings. The number of imidazole rings is 1. The number of nitrogens with zero attached hydrogens (tertiary/aromatic N) is 2. The summed E-state index contributed by atoms with van der Waals surface area (Å²) in [4.78, 5) is 17.4. The molecule has 0 radical (unpaired) electrons. The van der Waals surface area contributed by atoms with Gasteiger partial charge in [0.25, 0.3) is 5.91 Å². The van der Waals surface area contributed by atoms with E-state index in [2.05, 4.69) is 10.3 Å². The van der Waals surface area contributed by atoms with Gasteiger partial charge in [0.1, 0.15) is 11.6 Å². The minimum Gasteiger partial charge on any atom is -0.451 e. The van der Waals surface area contributed by atoms with Crippen molar-refractivity contribution in [3.63, 3.8) is 0 Å². The number of carbonyl (C=O) groups excluding carboxylic acids is 1. The molecular formula is C17H12FN3O2S. The van der Waals surface area contributed by atoms with Crippen LogP contribution in [0.25, 0.3) is 16.3 Å². The lowest BCUT2D eigenvalue weighted by atomic mass is 10.1. The predicted molar refractivity (Wildman–Crippen MR) is 88.3 cm³/mol. The topological polar surface area (TPSA) is 59.5 Å². The summed E-state index contributed by atoms with van der Waals surface area (Å²) in [6.07, 6.45) is 3.77. The number of hydrogen-bond donors (Lipinski definition) is 1. The second kappa shape index (κ2) is 5.93. The van der Waals surface area contributed by atoms with Gasteiger partial charge in [-0.15, -0.1) is 11.3 Å². The molecule has 0 aliphatic rings. The molecule has 3 aromatic heterocycles. The maximum absolute atomic E-state index is 13.8. The quantitative estimate of drug-likeness (QED) is 0.615. The fourth-order valence-corrected chi connectivity index (χ4v) is 3.10. The summed E-state index contributed by atoms with van der Waals surface area (Å²) in [6, 6.07) is 9.38. The fraction of sp³-hybridized carbons (Fsp3) is 0.0588. The third kappa shape index (κ3) is 2.69. The van der Waals surface area contributed by atoms with E-state index >= 15 is 0 Å². The molecule has 0 saturated carbocycles. The summed E-state index contributed by atoms with van der Waals surface area (Å²) in [6.45, 7) is 0.295. The van der Waals surface area contributed by atoms with E-state index in [0.717, 1.165) is 10.7 Å². The SMILES string of the molecule is O=C(NCc1cn2ccsc2n1)c1ccc(-c2ccccc2F)o1. The molecule has 1 N–H and O–H groups in total. The highest BCUT2D eigenvalue weighted by Crippen LogP contribution is 2.24. The predicted octanol–water partition coefficient (Wildman–Crippen LogP) is 3.72. The molecular weight excluding hydrogens is 329 g/mol. The zero-order chi connectivity index (χ0) is 16.5. The first kappa shape index (κ1) is 14.6. The maximum Gasteiger partial charge on any atom is 0.287 e. The second-order valence-corrected chi connectivity index (χ2v) is 6.02. The molecule has 5 nitrogen and oxygen atoms in total. The lowest BCUT2D eigenvalue weighted by Gasteiger charge is -2.01. The largest absolute Gasteiger partial charge is 0.451 e. The van der Waals surface area contributed by atoms with Gasteiger partial charge in [-0.2, -0.15) is 0 Å². The Hall–Kier alpha value is -2.93. The summed E-state index contributed by atoms with van der Waals surface area (Å²) < 4.78 is 21.1. The molecule has 3 heterocycles. The van der Waals surface area contributed by atoms with Crippen molar-refractivity contribution in [2.24, 2.45) is 0 Å². The normalized spacial score (nSPS) is 11.0. The van der Waals surface area contributed by atoms with Gasteiger partial charge in [-0.05, 0) is 24.3 Å². The first-order valence-corrected chi connectivity index (χ1v) is 8.13. The van der Waals surface area contributed by atoms with E-state index < -0.39 is 5.82 Å². The smallest absolute Gasteiger partial charge is 0.287 e. The van der Waals surface area contributed by atoms with Crippen LogP contribution in [0, 0.1) is 5.82 Å². The Labute approximate surface area is 140 Å². The first-order chi connectivity index (χ1) is 11.7. The van der Waals surface area contributed by atoms with E-state index in [0.29, 0.717) is 17.9 Å². The molecule has 0 spiro atoms. The van der Waals surface area contributed by atoms with Crippen molar-refractivity contribution in [2.45, 2.75) is 6.54 Å². The summed E-state index contributed by atoms with van der Waals surface area (Å²) in [7, 11) is 0. The number of rotatable bonds is 4. The van der Waals surface area contributed by atoms with Crippen molar-refractivity contribution in [3.8, 4) is 11.3 Å². The summed E-state index contributed by atoms with van der Waals surface area (Å²) in [5.41, 5.74) is 1.09. The number of furan rings is 1. The molecule has 4 rings (SSSR count). The molecule has 7 heteroatoms. The molecule has 1 amide bonds. The van der Waals surface area contributed by atoms with Crippen LogP contribution in [0.2, 0.25) is 0 Å². The summed E-state index contributed by atoms with van der Waals surface area (Å²) in [5.74, 6) is -0.305. The molecule has 0 bridgehead atoms. The van der Waals surface area contributed by atoms with Crippen LogP contribution in [0.3, 0.4) is 0 Å². The third-order valence-electron chi connectivity index (χ3n) is 3.54. The van der Waals surface area contributed by atoms with E-state index in [-0.39, 0.29) is 11.7 Å². The van der Waals surface area contributed by atoms with Crippen molar-refractivity contribution in [1.82, 2.24) is 14.7 Å². The first-order valence-electron chi connectivity index (χ1n) is 7.25. The standard InChI is InChI=1S/C17H12FN3O2S/c18-13-4-2-1-3-12(13)14-5-6-15(23-14)16(22)19-9-11-10-21-7-8-24-17(21)20-11/h1-8,10H,9H2,(H,19,22). The highest BCUT2D eigenvalue weighted by Gasteiger charge is 2.14. The van der Waals surface area contributed by atoms with Gasteiger partial charge < -0.3 is 9.73 Å². The van der Waals surface area contributed by atoms with E-state index in [1.54, 1.807) is 24.3 Å². The van der Waals surface area contributed by atoms with Gasteiger partial charge in [0, 0.05) is 17.8 Å². The Balaban J connectivity index is 1.47. The van der Waals surface area contributed by atoms with Crippen molar-refractivity contribution >= 4 is 22.2 Å². The van der Waals surface area contributed by atoms with E-state index in [1.165, 1.54) is 23.5 Å². The number of nitrogens with one attached hydrogen (secondary N) is 1. The van der Waals surface area contributed by atoms with Crippen LogP contribution < -0.4 is 5.32 Å². The Bertz CT molecular complexity index is 989. The molecule has 0 saturated heterocycles. The number of thiazole rings is 1. The number of amides is 1. The van der Waals surface area contributed by atoms with Gasteiger partial charge in [-0.25, -0.2) is 9.37 Å². The Morgan fingerprint density at radius 1 is 1.29 bits per heavy atom. The van der Waals surface area contributed by atoms with Gasteiger partial charge >= 0.3 is 0 Å². The van der Waals surface area contributed by atoms with Crippen molar-refractivity contribution in [1.29, 1.82) is 0 Å². The Morgan fingerprint density at radius 3 is 3.00 bits per heavy atom. The number of hydrogen-bond acceptors (Lipinski definition) is 4. The average Bonchev–Trinajstić information content (AvgIpc) is 3.28. The lowest BCUT2D eigenvalue weighted by Crippen LogP contribution is -2.22. The summed E-state index contributed by atoms with van der Waals surface area (Å²) >= 11 is 1.53. The number of halogens is 1. The van der Waals surface area contributed by atoms with E-state index in [4.69, 9.17) is 4.42 Å². The van der Waals surface area contributed by atoms with Crippen molar-refractivity contribution < 1.29 is 13.6 Å². The van der Waals surface area contributed by atoms with Crippen LogP contribution in [0.15, 0.2) is 58.6 Å². The van der Waals surface area contributed by atoms with Gasteiger partial charge in [0.15, 0.2) is 10.7 Å². The minimum atomic E-state index is -0.392. The number of benzene rings is 1. The third-order valence-corrected chi connectivity index (χ3v) is 4.31. The van der Waals surface area contributed by atoms with E-state index in [9.17, 15) is 9.18 Å². The molecule has 0 atom stereocenters. The van der Waals surface area contributed by atoms with Crippen LogP contribution in [0.5, 0.6) is 0 Å². The molecule has 0 aliphatic heterocycles. The van der Waals surface area contributed by atoms with Crippen LogP contribution in [-0.2, 0) is 6.54 Å². The van der Waals surface area contributed by atoms with Gasteiger partial charge in [0.2, 0.25) is 0 Å². The van der Waals surface area contributed by atoms with Crippen molar-refractivity contribution in [3.05, 3.63) is 71.4 Å². The number of aromatic nitrogens is 2. The van der Waals surface area contributed by atoms with Crippen LogP contribution >= 0.6 is 11.3 Å². The summed E-state index contributed by atoms with van der Waals surface area (Å²) in [5, 5.41) is 4.69. The van der Waals surface area contributed by atoms with Crippen LogP contribution in [-0.4, -0.2) is 15.3 Å². The maximum atomic E-state index is 13.8. The van der Waals surface area contributed by atoms with Crippen molar-refractivity contribution in [2.75, 3.05) is 0 Å². The Morgan fingerprint density at radius 2 is 2.17 bits per heavy atom. The van der Waals surface area contributed by atoms with Crippen LogP contribution in [0.1, 0.15) is 16.2 Å². The minimum absolute atomic E-state index is 0.134. The average molecular weight is 341 g/mol. The van der Waals surface area contributed by atoms with Crippen LogP contribution in [0.4, 0.5) is 4.39 Å². The molecule has 120 valence electrons. The number of fused-ring (bicyclic) bond motifs is 1. The Kier molecular flexibility index (Phi) is 3.62. The van der Waals surface area contributed by atoms with E-state index in [1.807, 2.05) is 22.2 Å². The lowest BCUT2D eigenvalue weighted by molar-refractivity contribution is 0.0923. The van der Waals surface area contributed by atoms with Gasteiger partial charge in [-0.1, -0.05) is 12.1 Å². The molecule has 24 heavy (non-hydrogen) atoms. The fourth-order valence-electron chi connectivity index (χ4n) is 2.38. The monoisotopic (exact) mass is 341 g/mol. The molecule has 0 aliphatic carbocycles. The highest BCUT2D eigenvalue weighted by atomic mass is 32.1. The second-order valence-electron chi connectivity index (χ2n) is 5.15. The zero-order valence-corrected chi connectivity index (χ0v) is 13.2. The number of carbonyl (C=O) groups is 1. The highest BCUT2D eigenvalue weighted by molar-refractivity contribution is 7.15. The zero-order valence-electron chi connectivity index (χ0n) is 12.4. The molecule has 4 aromatic rings. The molecule has 0 unspecified atom stereocenters. The van der Waals surface area contributed by atoms with Gasteiger partial charge in [0.05, 0.1) is 17.8 Å².